The number of para-hydroxylation sites is 1. The van der Waals surface area contributed by atoms with Crippen molar-refractivity contribution in [2.45, 2.75) is 32.1 Å². The molecule has 148 valence electrons. The number of hydrogen-bond acceptors (Lipinski definition) is 4. The fraction of sp³-hybridized carbons (Fsp3) is 0.280. The predicted octanol–water partition coefficient (Wildman–Crippen LogP) is 4.42. The third kappa shape index (κ3) is 2.57. The average Bonchev–Trinajstić information content (AvgIpc) is 3.18. The molecule has 0 saturated carbocycles. The van der Waals surface area contributed by atoms with Gasteiger partial charge in [0.05, 0.1) is 11.3 Å². The van der Waals surface area contributed by atoms with Crippen molar-refractivity contribution in [2.24, 2.45) is 11.8 Å². The Morgan fingerprint density at radius 3 is 2.60 bits per heavy atom. The van der Waals surface area contributed by atoms with Crippen LogP contribution in [0.25, 0.3) is 17.1 Å². The molecule has 5 heteroatoms. The maximum atomic E-state index is 12.7. The highest BCUT2D eigenvalue weighted by atomic mass is 16.1. The molecule has 0 bridgehead atoms. The summed E-state index contributed by atoms with van der Waals surface area (Å²) >= 11 is 0. The van der Waals surface area contributed by atoms with Gasteiger partial charge in [-0.15, -0.1) is 0 Å². The summed E-state index contributed by atoms with van der Waals surface area (Å²) in [7, 11) is 0. The Morgan fingerprint density at radius 1 is 1.17 bits per heavy atom. The SMILES string of the molecule is C[C@@H]1C(=O)C(C#N)=CC2(C)c3nc(-c4ccncc4)n(-c4ccccc4)c3CCC12. The van der Waals surface area contributed by atoms with E-state index >= 15 is 0 Å². The summed E-state index contributed by atoms with van der Waals surface area (Å²) in [6, 6.07) is 16.3. The molecular formula is C25H22N4O. The molecule has 2 aliphatic rings. The predicted molar refractivity (Wildman–Crippen MR) is 114 cm³/mol. The van der Waals surface area contributed by atoms with Gasteiger partial charge < -0.3 is 0 Å². The van der Waals surface area contributed by atoms with E-state index in [4.69, 9.17) is 4.98 Å². The highest BCUT2D eigenvalue weighted by molar-refractivity contribution is 6.02. The topological polar surface area (TPSA) is 71.6 Å². The van der Waals surface area contributed by atoms with Crippen LogP contribution in [0, 0.1) is 23.2 Å². The highest BCUT2D eigenvalue weighted by Crippen LogP contribution is 2.50. The summed E-state index contributed by atoms with van der Waals surface area (Å²) in [4.78, 5) is 22.0. The lowest BCUT2D eigenvalue weighted by Crippen LogP contribution is -2.45. The molecule has 1 aromatic carbocycles. The van der Waals surface area contributed by atoms with E-state index in [9.17, 15) is 10.1 Å². The minimum Gasteiger partial charge on any atom is -0.296 e. The number of carbonyl (C=O) groups is 1. The number of benzene rings is 1. The molecule has 0 aliphatic heterocycles. The summed E-state index contributed by atoms with van der Waals surface area (Å²) in [5.41, 5.74) is 3.99. The first-order valence-electron chi connectivity index (χ1n) is 10.3. The van der Waals surface area contributed by atoms with Gasteiger partial charge in [0, 0.05) is 40.7 Å². The number of hydrogen-bond donors (Lipinski definition) is 0. The fourth-order valence-electron chi connectivity index (χ4n) is 5.26. The van der Waals surface area contributed by atoms with Crippen LogP contribution < -0.4 is 0 Å². The maximum absolute atomic E-state index is 12.7. The van der Waals surface area contributed by atoms with Crippen LogP contribution in [0.1, 0.15) is 31.7 Å². The third-order valence-corrected chi connectivity index (χ3v) is 6.75. The summed E-state index contributed by atoms with van der Waals surface area (Å²) in [5.74, 6) is 0.778. The number of aromatic nitrogens is 3. The number of allylic oxidation sites excluding steroid dienone is 2. The van der Waals surface area contributed by atoms with E-state index in [0.29, 0.717) is 0 Å². The summed E-state index contributed by atoms with van der Waals surface area (Å²) in [6.45, 7) is 4.09. The van der Waals surface area contributed by atoms with Gasteiger partial charge in [-0.2, -0.15) is 5.26 Å². The number of nitriles is 1. The van der Waals surface area contributed by atoms with Crippen molar-refractivity contribution in [3.63, 3.8) is 0 Å². The Hall–Kier alpha value is -3.52. The van der Waals surface area contributed by atoms with Crippen molar-refractivity contribution < 1.29 is 4.79 Å². The molecule has 0 spiro atoms. The Balaban J connectivity index is 1.80. The molecule has 0 N–H and O–H groups in total. The normalized spacial score (nSPS) is 25.1. The number of Topliss-reactive ketones (excluding diaryl/α,β-unsaturated/α-hetero) is 1. The van der Waals surface area contributed by atoms with Crippen LogP contribution in [-0.2, 0) is 16.6 Å². The van der Waals surface area contributed by atoms with Gasteiger partial charge in [-0.05, 0) is 43.0 Å². The van der Waals surface area contributed by atoms with Crippen molar-refractivity contribution in [2.75, 3.05) is 0 Å². The lowest BCUT2D eigenvalue weighted by Gasteiger charge is -2.44. The monoisotopic (exact) mass is 394 g/mol. The first-order chi connectivity index (χ1) is 14.5. The van der Waals surface area contributed by atoms with E-state index in [0.717, 1.165) is 41.3 Å². The van der Waals surface area contributed by atoms with E-state index in [2.05, 4.69) is 34.7 Å². The van der Waals surface area contributed by atoms with Gasteiger partial charge in [-0.3, -0.25) is 14.3 Å². The number of imidazole rings is 1. The minimum atomic E-state index is -0.451. The van der Waals surface area contributed by atoms with Crippen molar-refractivity contribution in [1.82, 2.24) is 14.5 Å². The van der Waals surface area contributed by atoms with Gasteiger partial charge in [0.25, 0.3) is 0 Å². The van der Waals surface area contributed by atoms with Gasteiger partial charge in [-0.25, -0.2) is 4.98 Å². The van der Waals surface area contributed by atoms with Gasteiger partial charge >= 0.3 is 0 Å². The molecule has 3 aromatic rings. The number of ketones is 1. The second kappa shape index (κ2) is 6.77. The van der Waals surface area contributed by atoms with Crippen LogP contribution >= 0.6 is 0 Å². The Kier molecular flexibility index (Phi) is 4.18. The smallest absolute Gasteiger partial charge is 0.176 e. The molecule has 30 heavy (non-hydrogen) atoms. The van der Waals surface area contributed by atoms with Crippen LogP contribution in [0.3, 0.4) is 0 Å². The fourth-order valence-corrected chi connectivity index (χ4v) is 5.26. The lowest BCUT2D eigenvalue weighted by atomic mass is 9.58. The van der Waals surface area contributed by atoms with Crippen LogP contribution in [-0.4, -0.2) is 20.3 Å². The largest absolute Gasteiger partial charge is 0.296 e. The number of pyridine rings is 1. The minimum absolute atomic E-state index is 0.0414. The molecule has 3 atom stereocenters. The summed E-state index contributed by atoms with van der Waals surface area (Å²) in [6.07, 6.45) is 7.16. The second-order valence-corrected chi connectivity index (χ2v) is 8.39. The highest BCUT2D eigenvalue weighted by Gasteiger charge is 2.50. The van der Waals surface area contributed by atoms with Crippen molar-refractivity contribution in [3.05, 3.63) is 77.9 Å². The molecule has 2 heterocycles. The molecule has 0 fully saturated rings. The molecule has 0 radical (unpaired) electrons. The van der Waals surface area contributed by atoms with E-state index in [1.165, 1.54) is 0 Å². The van der Waals surface area contributed by atoms with Gasteiger partial charge in [0.15, 0.2) is 5.78 Å². The van der Waals surface area contributed by atoms with E-state index in [1.54, 1.807) is 12.4 Å². The van der Waals surface area contributed by atoms with Crippen molar-refractivity contribution in [3.8, 4) is 23.1 Å². The van der Waals surface area contributed by atoms with Crippen molar-refractivity contribution in [1.29, 1.82) is 5.26 Å². The van der Waals surface area contributed by atoms with Gasteiger partial charge in [0.1, 0.15) is 11.9 Å². The van der Waals surface area contributed by atoms with E-state index in [-0.39, 0.29) is 23.2 Å². The zero-order valence-corrected chi connectivity index (χ0v) is 17.0. The first-order valence-corrected chi connectivity index (χ1v) is 10.3. The van der Waals surface area contributed by atoms with Gasteiger partial charge in [-0.1, -0.05) is 38.1 Å². The van der Waals surface area contributed by atoms with Crippen LogP contribution in [0.5, 0.6) is 0 Å². The first kappa shape index (κ1) is 18.5. The van der Waals surface area contributed by atoms with Gasteiger partial charge in [0.2, 0.25) is 0 Å². The molecule has 2 aromatic heterocycles. The molecular weight excluding hydrogens is 372 g/mol. The number of nitrogens with zero attached hydrogens (tertiary/aromatic N) is 4. The van der Waals surface area contributed by atoms with E-state index < -0.39 is 5.41 Å². The summed E-state index contributed by atoms with van der Waals surface area (Å²) < 4.78 is 2.23. The third-order valence-electron chi connectivity index (χ3n) is 6.75. The van der Waals surface area contributed by atoms with E-state index in [1.807, 2.05) is 43.3 Å². The molecule has 5 rings (SSSR count). The summed E-state index contributed by atoms with van der Waals surface area (Å²) in [5, 5.41) is 9.58. The lowest BCUT2D eigenvalue weighted by molar-refractivity contribution is -0.121. The Morgan fingerprint density at radius 2 is 1.90 bits per heavy atom. The number of rotatable bonds is 2. The molecule has 2 unspecified atom stereocenters. The maximum Gasteiger partial charge on any atom is 0.176 e. The Bertz CT molecular complexity index is 1200. The zero-order valence-electron chi connectivity index (χ0n) is 17.0. The van der Waals surface area contributed by atoms with Crippen molar-refractivity contribution >= 4 is 5.78 Å². The van der Waals surface area contributed by atoms with Crippen LogP contribution in [0.15, 0.2) is 66.5 Å². The quantitative estimate of drug-likeness (QED) is 0.645. The van der Waals surface area contributed by atoms with Crippen LogP contribution in [0.2, 0.25) is 0 Å². The van der Waals surface area contributed by atoms with Crippen LogP contribution in [0.4, 0.5) is 0 Å². The molecule has 0 amide bonds. The number of carbonyl (C=O) groups excluding carboxylic acids is 1. The molecule has 0 saturated heterocycles. The standard InChI is InChI=1S/C25H22N4O/c1-16-20-8-9-21-23(25(20,2)14-18(15-26)22(16)30)28-24(17-10-12-27-13-11-17)29(21)19-6-4-3-5-7-19/h3-7,10-14,16,20H,8-9H2,1-2H3/t16-,20?,25?/m0/s1. The second-order valence-electron chi connectivity index (χ2n) is 8.39. The Labute approximate surface area is 175 Å². The average molecular weight is 394 g/mol. The molecule has 5 nitrogen and oxygen atoms in total. The molecule has 2 aliphatic carbocycles. The number of fused-ring (bicyclic) bond motifs is 3. The zero-order chi connectivity index (χ0) is 20.9.